The number of ether oxygens (including phenoxy) is 9. The van der Waals surface area contributed by atoms with Gasteiger partial charge in [0.1, 0.15) is 31.4 Å². The van der Waals surface area contributed by atoms with Crippen LogP contribution in [0, 0.1) is 0 Å². The number of carbonyl (C=O) groups is 1. The Bertz CT molecular complexity index is 1280. The van der Waals surface area contributed by atoms with Gasteiger partial charge in [0, 0.05) is 0 Å². The van der Waals surface area contributed by atoms with Crippen LogP contribution in [0.25, 0.3) is 11.2 Å². The number of nitrogens with one attached hydrogen (secondary N) is 1. The summed E-state index contributed by atoms with van der Waals surface area (Å²) in [6, 6.07) is 0.106. The standard InChI is InChI=1S/C23H36N8O12/c1-2-3-5-43-22-26-20(24)19-21(27-22)31(23(34)25-19)8-17-7-30(29-28-17)4-6-35-10-37-12-39-14-41-16-42-15-40-13-38-11-36-9-18(32)33/h7H,2-6,8-16H2,1H3,(H,25,34)(H,32,33)(H2,24,26,27). The Labute approximate surface area is 244 Å². The van der Waals surface area contributed by atoms with Crippen LogP contribution < -0.4 is 16.2 Å². The first kappa shape index (κ1) is 33.7. The van der Waals surface area contributed by atoms with E-state index in [0.29, 0.717) is 30.0 Å². The van der Waals surface area contributed by atoms with Crippen LogP contribution >= 0.6 is 0 Å². The molecule has 0 atom stereocenters. The lowest BCUT2D eigenvalue weighted by Crippen LogP contribution is -2.18. The molecule has 3 rings (SSSR count). The number of nitrogens with zero attached hydrogens (tertiary/aromatic N) is 6. The topological polar surface area (TPSA) is 241 Å². The molecular formula is C23H36N8O12. The molecule has 3 aromatic heterocycles. The van der Waals surface area contributed by atoms with Gasteiger partial charge >= 0.3 is 17.7 Å². The number of nitrogens with two attached hydrogens (primary N) is 1. The van der Waals surface area contributed by atoms with E-state index in [1.54, 1.807) is 10.9 Å². The number of hydrogen-bond donors (Lipinski definition) is 3. The van der Waals surface area contributed by atoms with E-state index >= 15 is 0 Å². The molecule has 0 aliphatic rings. The van der Waals surface area contributed by atoms with E-state index in [0.717, 1.165) is 12.8 Å². The zero-order chi connectivity index (χ0) is 30.7. The quantitative estimate of drug-likeness (QED) is 0.0798. The predicted octanol–water partition coefficient (Wildman–Crippen LogP) is -0.560. The van der Waals surface area contributed by atoms with Crippen LogP contribution in [0.1, 0.15) is 25.5 Å². The highest BCUT2D eigenvalue weighted by atomic mass is 16.8. The Hall–Kier alpha value is -3.76. The van der Waals surface area contributed by atoms with Crippen molar-refractivity contribution < 1.29 is 52.5 Å². The maximum absolute atomic E-state index is 12.5. The van der Waals surface area contributed by atoms with Crippen molar-refractivity contribution in [3.63, 3.8) is 0 Å². The number of fused-ring (bicyclic) bond motifs is 1. The van der Waals surface area contributed by atoms with Crippen molar-refractivity contribution in [2.75, 3.05) is 73.1 Å². The summed E-state index contributed by atoms with van der Waals surface area (Å²) < 4.78 is 48.7. The van der Waals surface area contributed by atoms with Crippen LogP contribution in [0.4, 0.5) is 5.82 Å². The summed E-state index contributed by atoms with van der Waals surface area (Å²) in [6.07, 6.45) is 3.49. The van der Waals surface area contributed by atoms with Gasteiger partial charge in [-0.25, -0.2) is 14.3 Å². The number of aromatic nitrogens is 7. The maximum Gasteiger partial charge on any atom is 0.329 e. The first-order valence-corrected chi connectivity index (χ1v) is 13.1. The van der Waals surface area contributed by atoms with Crippen molar-refractivity contribution in [2.45, 2.75) is 32.9 Å². The first-order chi connectivity index (χ1) is 21.0. The SMILES string of the molecule is CCCCOc1nc(N)c2[nH]c(=O)n(Cc3cn(CCOCOCOCOCOCOCOCOCC(=O)O)nn3)c2n1. The number of nitrogen functional groups attached to an aromatic ring is 1. The first-order valence-electron chi connectivity index (χ1n) is 13.1. The molecule has 0 saturated carbocycles. The summed E-state index contributed by atoms with van der Waals surface area (Å²) in [4.78, 5) is 33.9. The van der Waals surface area contributed by atoms with Crippen LogP contribution in [0.5, 0.6) is 6.01 Å². The second-order valence-electron chi connectivity index (χ2n) is 8.48. The number of hydrogen-bond acceptors (Lipinski definition) is 16. The van der Waals surface area contributed by atoms with E-state index in [1.165, 1.54) is 4.57 Å². The van der Waals surface area contributed by atoms with Gasteiger partial charge in [-0.05, 0) is 6.42 Å². The van der Waals surface area contributed by atoms with E-state index < -0.39 is 18.3 Å². The molecule has 20 nitrogen and oxygen atoms in total. The fraction of sp³-hybridized carbons (Fsp3) is 0.652. The third-order valence-corrected chi connectivity index (χ3v) is 5.12. The molecule has 3 heterocycles. The maximum atomic E-state index is 12.5. The van der Waals surface area contributed by atoms with E-state index in [1.807, 2.05) is 6.92 Å². The molecule has 3 aromatic rings. The molecule has 0 bridgehead atoms. The Morgan fingerprint density at radius 3 is 2.19 bits per heavy atom. The summed E-state index contributed by atoms with van der Waals surface area (Å²) in [6.45, 7) is 2.16. The van der Waals surface area contributed by atoms with Crippen LogP contribution in [0.3, 0.4) is 0 Å². The lowest BCUT2D eigenvalue weighted by Gasteiger charge is -2.08. The van der Waals surface area contributed by atoms with Crippen LogP contribution in [-0.2, 0) is 55.8 Å². The van der Waals surface area contributed by atoms with Gasteiger partial charge in [-0.2, -0.15) is 9.97 Å². The second-order valence-corrected chi connectivity index (χ2v) is 8.48. The Morgan fingerprint density at radius 2 is 1.56 bits per heavy atom. The summed E-state index contributed by atoms with van der Waals surface area (Å²) in [5.74, 6) is -0.967. The minimum Gasteiger partial charge on any atom is -0.480 e. The summed E-state index contributed by atoms with van der Waals surface area (Å²) >= 11 is 0. The molecule has 0 aliphatic carbocycles. The van der Waals surface area contributed by atoms with Gasteiger partial charge in [-0.1, -0.05) is 18.6 Å². The molecule has 240 valence electrons. The Morgan fingerprint density at radius 1 is 0.930 bits per heavy atom. The average Bonchev–Trinajstić information content (AvgIpc) is 3.56. The summed E-state index contributed by atoms with van der Waals surface area (Å²) in [5.41, 5.74) is 6.76. The molecule has 0 aromatic carbocycles. The number of aromatic amines is 1. The van der Waals surface area contributed by atoms with Crippen molar-refractivity contribution in [1.82, 2.24) is 34.5 Å². The van der Waals surface area contributed by atoms with Gasteiger partial charge in [0.05, 0.1) is 32.5 Å². The molecule has 0 amide bonds. The van der Waals surface area contributed by atoms with E-state index in [9.17, 15) is 9.59 Å². The predicted molar refractivity (Wildman–Crippen MR) is 142 cm³/mol. The molecule has 0 aliphatic heterocycles. The van der Waals surface area contributed by atoms with Crippen molar-refractivity contribution in [1.29, 1.82) is 0 Å². The normalized spacial score (nSPS) is 11.5. The number of imidazole rings is 1. The fourth-order valence-corrected chi connectivity index (χ4v) is 3.19. The highest BCUT2D eigenvalue weighted by Crippen LogP contribution is 2.18. The van der Waals surface area contributed by atoms with Gasteiger partial charge in [0.25, 0.3) is 0 Å². The molecule has 43 heavy (non-hydrogen) atoms. The zero-order valence-corrected chi connectivity index (χ0v) is 23.7. The molecule has 20 heteroatoms. The van der Waals surface area contributed by atoms with Crippen LogP contribution in [-0.4, -0.2) is 113 Å². The number of aliphatic carboxylic acids is 1. The minimum absolute atomic E-state index is 0.0173. The minimum atomic E-state index is -1.09. The second kappa shape index (κ2) is 19.4. The van der Waals surface area contributed by atoms with Gasteiger partial charge < -0.3 is 58.5 Å². The Balaban J connectivity index is 1.23. The number of carboxylic acids is 1. The van der Waals surface area contributed by atoms with Crippen molar-refractivity contribution in [2.24, 2.45) is 0 Å². The zero-order valence-electron chi connectivity index (χ0n) is 23.7. The third-order valence-electron chi connectivity index (χ3n) is 5.12. The molecule has 0 saturated heterocycles. The monoisotopic (exact) mass is 616 g/mol. The van der Waals surface area contributed by atoms with E-state index in [4.69, 9.17) is 48.7 Å². The molecule has 4 N–H and O–H groups in total. The van der Waals surface area contributed by atoms with Crippen molar-refractivity contribution in [3.8, 4) is 6.01 Å². The van der Waals surface area contributed by atoms with Gasteiger partial charge in [0.15, 0.2) is 45.4 Å². The van der Waals surface area contributed by atoms with Crippen LogP contribution in [0.15, 0.2) is 11.0 Å². The lowest BCUT2D eigenvalue weighted by molar-refractivity contribution is -0.221. The average molecular weight is 617 g/mol. The summed E-state index contributed by atoms with van der Waals surface area (Å²) in [7, 11) is 0. The number of H-pyrrole nitrogens is 1. The molecule has 0 fully saturated rings. The molecular weight excluding hydrogens is 580 g/mol. The number of unbranched alkanes of at least 4 members (excludes halogenated alkanes) is 1. The van der Waals surface area contributed by atoms with Gasteiger partial charge in [-0.3, -0.25) is 4.57 Å². The largest absolute Gasteiger partial charge is 0.480 e. The van der Waals surface area contributed by atoms with Crippen molar-refractivity contribution >= 4 is 23.0 Å². The van der Waals surface area contributed by atoms with E-state index in [-0.39, 0.29) is 72.5 Å². The molecule has 0 spiro atoms. The third kappa shape index (κ3) is 12.6. The molecule has 0 radical (unpaired) electrons. The number of rotatable bonds is 25. The summed E-state index contributed by atoms with van der Waals surface area (Å²) in [5, 5.41) is 16.5. The highest BCUT2D eigenvalue weighted by molar-refractivity contribution is 5.81. The number of carboxylic acid groups (broad SMARTS) is 1. The lowest BCUT2D eigenvalue weighted by atomic mass is 10.4. The van der Waals surface area contributed by atoms with Gasteiger partial charge in [-0.15, -0.1) is 5.10 Å². The van der Waals surface area contributed by atoms with E-state index in [2.05, 4.69) is 30.0 Å². The molecule has 0 unspecified atom stereocenters. The van der Waals surface area contributed by atoms with Gasteiger partial charge in [0.2, 0.25) is 0 Å². The van der Waals surface area contributed by atoms with Crippen LogP contribution in [0.2, 0.25) is 0 Å². The van der Waals surface area contributed by atoms with Crippen molar-refractivity contribution in [3.05, 3.63) is 22.4 Å². The fourth-order valence-electron chi connectivity index (χ4n) is 3.19. The number of anilines is 1. The smallest absolute Gasteiger partial charge is 0.329 e. The highest BCUT2D eigenvalue weighted by Gasteiger charge is 2.16. The Kier molecular flexibility index (Phi) is 15.2.